The molecule has 104 valence electrons. The van der Waals surface area contributed by atoms with Gasteiger partial charge in [0.1, 0.15) is 11.6 Å². The number of ether oxygens (including phenoxy) is 1. The van der Waals surface area contributed by atoms with Gasteiger partial charge >= 0.3 is 5.69 Å². The minimum atomic E-state index is -0.589. The Kier molecular flexibility index (Phi) is 3.95. The molecule has 0 fully saturated rings. The zero-order chi connectivity index (χ0) is 14.7. The van der Waals surface area contributed by atoms with Crippen molar-refractivity contribution in [2.75, 3.05) is 0 Å². The minimum absolute atomic E-state index is 0.0463. The second-order valence-electron chi connectivity index (χ2n) is 4.27. The van der Waals surface area contributed by atoms with Crippen LogP contribution in [-0.4, -0.2) is 4.92 Å². The number of hydrogen-bond acceptors (Lipinski definition) is 4. The van der Waals surface area contributed by atoms with Crippen LogP contribution < -0.4 is 10.5 Å². The summed E-state index contributed by atoms with van der Waals surface area (Å²) in [6, 6.07) is 9.58. The summed E-state index contributed by atoms with van der Waals surface area (Å²) in [4.78, 5) is 10.4. The van der Waals surface area contributed by atoms with Gasteiger partial charge in [0.15, 0.2) is 0 Å². The maximum atomic E-state index is 13.8. The average molecular weight is 276 g/mol. The highest BCUT2D eigenvalue weighted by Gasteiger charge is 2.19. The van der Waals surface area contributed by atoms with Crippen molar-refractivity contribution in [2.24, 2.45) is 5.73 Å². The predicted octanol–water partition coefficient (Wildman–Crippen LogP) is 3.55. The van der Waals surface area contributed by atoms with Crippen LogP contribution in [0, 0.1) is 15.9 Å². The molecule has 2 rings (SSSR count). The van der Waals surface area contributed by atoms with E-state index in [1.165, 1.54) is 36.4 Å². The third kappa shape index (κ3) is 2.75. The Labute approximate surface area is 114 Å². The summed E-state index contributed by atoms with van der Waals surface area (Å²) < 4.78 is 19.3. The third-order valence-electron chi connectivity index (χ3n) is 2.75. The molecule has 1 atom stereocenters. The van der Waals surface area contributed by atoms with Crippen LogP contribution in [0.25, 0.3) is 0 Å². The Morgan fingerprint density at radius 3 is 2.50 bits per heavy atom. The summed E-state index contributed by atoms with van der Waals surface area (Å²) in [6.45, 7) is 1.62. The predicted molar refractivity (Wildman–Crippen MR) is 72.2 cm³/mol. The lowest BCUT2D eigenvalue weighted by molar-refractivity contribution is -0.385. The highest BCUT2D eigenvalue weighted by Crippen LogP contribution is 2.35. The molecule has 0 aliphatic carbocycles. The van der Waals surface area contributed by atoms with Gasteiger partial charge in [-0.05, 0) is 25.1 Å². The molecule has 0 heterocycles. The van der Waals surface area contributed by atoms with Gasteiger partial charge in [-0.2, -0.15) is 0 Å². The maximum absolute atomic E-state index is 13.8. The molecule has 6 heteroatoms. The Morgan fingerprint density at radius 2 is 1.85 bits per heavy atom. The van der Waals surface area contributed by atoms with E-state index in [0.717, 1.165) is 0 Å². The van der Waals surface area contributed by atoms with E-state index < -0.39 is 16.8 Å². The molecule has 2 aromatic carbocycles. The van der Waals surface area contributed by atoms with E-state index in [-0.39, 0.29) is 22.7 Å². The van der Waals surface area contributed by atoms with E-state index >= 15 is 0 Å². The Hall–Kier alpha value is -2.47. The van der Waals surface area contributed by atoms with Crippen molar-refractivity contribution >= 4 is 5.69 Å². The molecule has 2 aromatic rings. The Morgan fingerprint density at radius 1 is 1.20 bits per heavy atom. The van der Waals surface area contributed by atoms with Crippen LogP contribution in [-0.2, 0) is 0 Å². The van der Waals surface area contributed by atoms with Crippen molar-refractivity contribution < 1.29 is 14.1 Å². The summed E-state index contributed by atoms with van der Waals surface area (Å²) in [5.41, 5.74) is 5.71. The average Bonchev–Trinajstić information content (AvgIpc) is 2.38. The van der Waals surface area contributed by atoms with Gasteiger partial charge in [0.05, 0.1) is 4.92 Å². The second kappa shape index (κ2) is 5.66. The van der Waals surface area contributed by atoms with Crippen LogP contribution >= 0.6 is 0 Å². The number of hydrogen-bond donors (Lipinski definition) is 1. The second-order valence-corrected chi connectivity index (χ2v) is 4.27. The number of nitrogens with zero attached hydrogens (tertiary/aromatic N) is 1. The fraction of sp³-hybridized carbons (Fsp3) is 0.143. The highest BCUT2D eigenvalue weighted by molar-refractivity contribution is 5.49. The monoisotopic (exact) mass is 276 g/mol. The van der Waals surface area contributed by atoms with Gasteiger partial charge in [0, 0.05) is 17.7 Å². The Bertz CT molecular complexity index is 644. The van der Waals surface area contributed by atoms with E-state index in [2.05, 4.69) is 0 Å². The molecule has 0 aromatic heterocycles. The first kappa shape index (κ1) is 14.0. The zero-order valence-corrected chi connectivity index (χ0v) is 10.7. The van der Waals surface area contributed by atoms with Gasteiger partial charge in [0.2, 0.25) is 5.75 Å². The van der Waals surface area contributed by atoms with E-state index in [1.54, 1.807) is 13.0 Å². The van der Waals surface area contributed by atoms with Crippen LogP contribution in [0.15, 0.2) is 42.5 Å². The number of para-hydroxylation sites is 2. The van der Waals surface area contributed by atoms with Gasteiger partial charge in [-0.25, -0.2) is 4.39 Å². The van der Waals surface area contributed by atoms with Crippen molar-refractivity contribution in [2.45, 2.75) is 13.0 Å². The van der Waals surface area contributed by atoms with Crippen LogP contribution in [0.5, 0.6) is 11.5 Å². The smallest absolute Gasteiger partial charge is 0.311 e. The van der Waals surface area contributed by atoms with Gasteiger partial charge in [-0.1, -0.05) is 18.2 Å². The van der Waals surface area contributed by atoms with Crippen molar-refractivity contribution in [1.82, 2.24) is 0 Å². The van der Waals surface area contributed by atoms with Crippen molar-refractivity contribution in [3.05, 3.63) is 64.0 Å². The number of nitro groups is 1. The molecule has 0 spiro atoms. The van der Waals surface area contributed by atoms with Crippen molar-refractivity contribution in [1.29, 1.82) is 0 Å². The lowest BCUT2D eigenvalue weighted by atomic mass is 10.1. The molecule has 0 unspecified atom stereocenters. The fourth-order valence-corrected chi connectivity index (χ4v) is 1.86. The van der Waals surface area contributed by atoms with Gasteiger partial charge in [-0.15, -0.1) is 0 Å². The molecule has 5 nitrogen and oxygen atoms in total. The normalized spacial score (nSPS) is 11.9. The van der Waals surface area contributed by atoms with Crippen molar-refractivity contribution in [3.63, 3.8) is 0 Å². The van der Waals surface area contributed by atoms with E-state index in [4.69, 9.17) is 10.5 Å². The van der Waals surface area contributed by atoms with Crippen molar-refractivity contribution in [3.8, 4) is 11.5 Å². The summed E-state index contributed by atoms with van der Waals surface area (Å²) in [6.07, 6.45) is 0. The van der Waals surface area contributed by atoms with Crippen LogP contribution in [0.1, 0.15) is 18.5 Å². The molecule has 0 aliphatic heterocycles. The standard InChI is InChI=1S/C14H13FN2O3/c1-9(16)14-10(15)5-4-8-13(14)20-12-7-3-2-6-11(12)17(18)19/h2-9H,16H2,1H3/t9-/m1/s1. The number of nitrogens with two attached hydrogens (primary N) is 1. The molecular formula is C14H13FN2O3. The SMILES string of the molecule is C[C@@H](N)c1c(F)cccc1Oc1ccccc1[N+](=O)[O-]. The first-order chi connectivity index (χ1) is 9.50. The summed E-state index contributed by atoms with van der Waals surface area (Å²) in [5, 5.41) is 10.9. The van der Waals surface area contributed by atoms with Gasteiger partial charge < -0.3 is 10.5 Å². The zero-order valence-electron chi connectivity index (χ0n) is 10.7. The Balaban J connectivity index is 2.46. The maximum Gasteiger partial charge on any atom is 0.311 e. The molecule has 0 saturated carbocycles. The molecule has 0 aliphatic rings. The van der Waals surface area contributed by atoms with Gasteiger partial charge in [0.25, 0.3) is 0 Å². The van der Waals surface area contributed by atoms with E-state index in [9.17, 15) is 14.5 Å². The third-order valence-corrected chi connectivity index (χ3v) is 2.75. The molecule has 2 N–H and O–H groups in total. The van der Waals surface area contributed by atoms with Crippen LogP contribution in [0.3, 0.4) is 0 Å². The summed E-state index contributed by atoms with van der Waals surface area (Å²) >= 11 is 0. The first-order valence-corrected chi connectivity index (χ1v) is 5.96. The quantitative estimate of drug-likeness (QED) is 0.684. The number of benzene rings is 2. The van der Waals surface area contributed by atoms with E-state index in [0.29, 0.717) is 0 Å². The highest BCUT2D eigenvalue weighted by atomic mass is 19.1. The van der Waals surface area contributed by atoms with Crippen LogP contribution in [0.2, 0.25) is 0 Å². The lowest BCUT2D eigenvalue weighted by Gasteiger charge is -2.14. The van der Waals surface area contributed by atoms with E-state index in [1.807, 2.05) is 0 Å². The topological polar surface area (TPSA) is 78.4 Å². The lowest BCUT2D eigenvalue weighted by Crippen LogP contribution is -2.09. The molecule has 0 saturated heterocycles. The van der Waals surface area contributed by atoms with Crippen LogP contribution in [0.4, 0.5) is 10.1 Å². The molecule has 0 radical (unpaired) electrons. The summed E-state index contributed by atoms with van der Waals surface area (Å²) in [5.74, 6) is -0.282. The number of nitro benzene ring substituents is 1. The first-order valence-electron chi connectivity index (χ1n) is 5.96. The molecule has 20 heavy (non-hydrogen) atoms. The molecular weight excluding hydrogens is 263 g/mol. The van der Waals surface area contributed by atoms with Gasteiger partial charge in [-0.3, -0.25) is 10.1 Å². The fourth-order valence-electron chi connectivity index (χ4n) is 1.86. The summed E-state index contributed by atoms with van der Waals surface area (Å²) in [7, 11) is 0. The number of rotatable bonds is 4. The molecule has 0 amide bonds. The minimum Gasteiger partial charge on any atom is -0.450 e. The number of halogens is 1. The molecule has 0 bridgehead atoms. The largest absolute Gasteiger partial charge is 0.450 e.